The third-order valence-corrected chi connectivity index (χ3v) is 5.16. The van der Waals surface area contributed by atoms with Crippen molar-refractivity contribution >= 4 is 0 Å². The molecule has 0 saturated heterocycles. The minimum atomic E-state index is -0.0325. The number of aliphatic hydroxyl groups is 2. The van der Waals surface area contributed by atoms with Crippen LogP contribution >= 0.6 is 0 Å². The molecule has 0 radical (unpaired) electrons. The molecule has 0 aliphatic rings. The van der Waals surface area contributed by atoms with Gasteiger partial charge in [0.25, 0.3) is 0 Å². The van der Waals surface area contributed by atoms with Crippen LogP contribution in [0.2, 0.25) is 0 Å². The lowest BCUT2D eigenvalue weighted by atomic mass is 10.0. The van der Waals surface area contributed by atoms with E-state index in [4.69, 9.17) is 48.1 Å². The molecule has 36 heavy (non-hydrogen) atoms. The van der Waals surface area contributed by atoms with Crippen LogP contribution in [0.1, 0.15) is 11.1 Å². The van der Waals surface area contributed by atoms with E-state index in [0.29, 0.717) is 73.8 Å². The molecule has 0 saturated carbocycles. The van der Waals surface area contributed by atoms with Gasteiger partial charge in [-0.15, -0.1) is 0 Å². The summed E-state index contributed by atoms with van der Waals surface area (Å²) in [6.07, 6.45) is 1.41. The third-order valence-electron chi connectivity index (χ3n) is 5.16. The first kappa shape index (κ1) is 29.3. The third kappa shape index (κ3) is 8.94. The molecule has 0 amide bonds. The topological polar surface area (TPSA) is 114 Å². The minimum absolute atomic E-state index is 0.0325. The van der Waals surface area contributed by atoms with Crippen LogP contribution < -0.4 is 28.4 Å². The van der Waals surface area contributed by atoms with Crippen LogP contribution in [0.5, 0.6) is 34.5 Å². The Labute approximate surface area is 212 Å². The van der Waals surface area contributed by atoms with E-state index >= 15 is 0 Å². The van der Waals surface area contributed by atoms with Crippen molar-refractivity contribution in [2.24, 2.45) is 0 Å². The summed E-state index contributed by atoms with van der Waals surface area (Å²) in [7, 11) is 6.32. The lowest BCUT2D eigenvalue weighted by Gasteiger charge is -2.17. The first-order valence-corrected chi connectivity index (χ1v) is 11.7. The molecular weight excluding hydrogens is 472 g/mol. The Morgan fingerprint density at radius 2 is 0.833 bits per heavy atom. The van der Waals surface area contributed by atoms with Gasteiger partial charge in [0.1, 0.15) is 13.2 Å². The van der Waals surface area contributed by atoms with Crippen LogP contribution in [0, 0.1) is 0 Å². The average Bonchev–Trinajstić information content (AvgIpc) is 2.91. The molecule has 0 aromatic heterocycles. The van der Waals surface area contributed by atoms with Crippen molar-refractivity contribution in [2.45, 2.75) is 12.8 Å². The summed E-state index contributed by atoms with van der Waals surface area (Å²) in [4.78, 5) is 0. The van der Waals surface area contributed by atoms with Crippen molar-refractivity contribution in [3.8, 4) is 34.5 Å². The molecule has 0 fully saturated rings. The molecule has 0 bridgehead atoms. The lowest BCUT2D eigenvalue weighted by Crippen LogP contribution is -2.10. The van der Waals surface area contributed by atoms with Crippen LogP contribution in [0.3, 0.4) is 0 Å². The van der Waals surface area contributed by atoms with Crippen LogP contribution in [-0.2, 0) is 22.3 Å². The molecule has 0 spiro atoms. The highest BCUT2D eigenvalue weighted by Crippen LogP contribution is 2.40. The van der Waals surface area contributed by atoms with E-state index in [-0.39, 0.29) is 26.4 Å². The maximum absolute atomic E-state index is 8.81. The number of methoxy groups -OCH3 is 4. The van der Waals surface area contributed by atoms with Gasteiger partial charge in [0, 0.05) is 0 Å². The molecule has 0 aliphatic heterocycles. The Balaban J connectivity index is 2.11. The molecule has 2 aromatic rings. The first-order valence-electron chi connectivity index (χ1n) is 11.7. The molecule has 2 aromatic carbocycles. The fraction of sp³-hybridized carbons (Fsp3) is 0.538. The second-order valence-corrected chi connectivity index (χ2v) is 7.53. The molecule has 0 unspecified atom stereocenters. The summed E-state index contributed by atoms with van der Waals surface area (Å²) in [5.74, 6) is 3.26. The summed E-state index contributed by atoms with van der Waals surface area (Å²) >= 11 is 0. The fourth-order valence-electron chi connectivity index (χ4n) is 3.47. The van der Waals surface area contributed by atoms with Gasteiger partial charge < -0.3 is 48.1 Å². The van der Waals surface area contributed by atoms with E-state index in [9.17, 15) is 0 Å². The van der Waals surface area contributed by atoms with Crippen LogP contribution in [-0.4, -0.2) is 91.5 Å². The normalized spacial score (nSPS) is 10.7. The second kappa shape index (κ2) is 16.7. The zero-order valence-electron chi connectivity index (χ0n) is 21.5. The zero-order valence-corrected chi connectivity index (χ0v) is 21.5. The summed E-state index contributed by atoms with van der Waals surface area (Å²) in [6.45, 7) is 1.74. The van der Waals surface area contributed by atoms with Crippen LogP contribution in [0.15, 0.2) is 24.3 Å². The molecule has 0 atom stereocenters. The summed E-state index contributed by atoms with van der Waals surface area (Å²) < 4.78 is 44.3. The van der Waals surface area contributed by atoms with Crippen molar-refractivity contribution in [1.82, 2.24) is 0 Å². The average molecular weight is 511 g/mol. The highest BCUT2D eigenvalue weighted by Gasteiger charge is 2.17. The molecule has 10 nitrogen and oxygen atoms in total. The number of ether oxygens (including phenoxy) is 8. The van der Waals surface area contributed by atoms with Gasteiger partial charge in [0.05, 0.1) is 68.1 Å². The summed E-state index contributed by atoms with van der Waals surface area (Å²) in [5, 5.41) is 17.6. The predicted molar refractivity (Wildman–Crippen MR) is 133 cm³/mol. The molecular formula is C26H38O10. The van der Waals surface area contributed by atoms with Crippen molar-refractivity contribution in [3.05, 3.63) is 35.4 Å². The number of hydrogen-bond acceptors (Lipinski definition) is 10. The van der Waals surface area contributed by atoms with Gasteiger partial charge in [0.15, 0.2) is 23.0 Å². The van der Waals surface area contributed by atoms with Gasteiger partial charge in [-0.25, -0.2) is 0 Å². The number of aliphatic hydroxyl groups excluding tert-OH is 2. The molecule has 202 valence electrons. The van der Waals surface area contributed by atoms with E-state index in [1.54, 1.807) is 28.4 Å². The largest absolute Gasteiger partial charge is 0.493 e. The van der Waals surface area contributed by atoms with E-state index in [1.165, 1.54) is 0 Å². The first-order chi connectivity index (χ1) is 17.6. The lowest BCUT2D eigenvalue weighted by molar-refractivity contribution is 0.0692. The van der Waals surface area contributed by atoms with E-state index < -0.39 is 0 Å². The summed E-state index contributed by atoms with van der Waals surface area (Å²) in [6, 6.07) is 7.69. The Morgan fingerprint density at radius 3 is 1.11 bits per heavy atom. The molecule has 2 N–H and O–H groups in total. The van der Waals surface area contributed by atoms with Crippen LogP contribution in [0.4, 0.5) is 0 Å². The number of aryl methyl sites for hydroxylation is 2. The number of rotatable bonds is 19. The van der Waals surface area contributed by atoms with E-state index in [1.807, 2.05) is 24.3 Å². The quantitative estimate of drug-likeness (QED) is 0.273. The van der Waals surface area contributed by atoms with Crippen molar-refractivity contribution in [2.75, 3.05) is 81.3 Å². The monoisotopic (exact) mass is 510 g/mol. The highest BCUT2D eigenvalue weighted by molar-refractivity contribution is 5.55. The van der Waals surface area contributed by atoms with Gasteiger partial charge in [-0.2, -0.15) is 0 Å². The Hall–Kier alpha value is -2.92. The highest BCUT2D eigenvalue weighted by atomic mass is 16.6. The maximum Gasteiger partial charge on any atom is 0.203 e. The second-order valence-electron chi connectivity index (χ2n) is 7.53. The molecule has 10 heteroatoms. The van der Waals surface area contributed by atoms with Crippen molar-refractivity contribution < 1.29 is 48.1 Å². The van der Waals surface area contributed by atoms with Gasteiger partial charge in [0.2, 0.25) is 11.5 Å². The van der Waals surface area contributed by atoms with Gasteiger partial charge >= 0.3 is 0 Å². The SMILES string of the molecule is COc1cc(CCc2cc(OC)c(OCCOCCO)c(OC)c2)cc(OC)c1OCCOCCO. The van der Waals surface area contributed by atoms with Crippen LogP contribution in [0.25, 0.3) is 0 Å². The van der Waals surface area contributed by atoms with Gasteiger partial charge in [-0.1, -0.05) is 0 Å². The fourth-order valence-corrected chi connectivity index (χ4v) is 3.47. The van der Waals surface area contributed by atoms with Gasteiger partial charge in [-0.05, 0) is 48.2 Å². The predicted octanol–water partition coefficient (Wildman–Crippen LogP) is 2.28. The summed E-state index contributed by atoms with van der Waals surface area (Å²) in [5.41, 5.74) is 2.01. The number of hydrogen-bond donors (Lipinski definition) is 2. The molecule has 2 rings (SSSR count). The zero-order chi connectivity index (χ0) is 26.2. The minimum Gasteiger partial charge on any atom is -0.493 e. The van der Waals surface area contributed by atoms with Crippen molar-refractivity contribution in [3.63, 3.8) is 0 Å². The van der Waals surface area contributed by atoms with E-state index in [2.05, 4.69) is 0 Å². The molecule has 0 aliphatic carbocycles. The smallest absolute Gasteiger partial charge is 0.203 e. The number of benzene rings is 2. The maximum atomic E-state index is 8.81. The van der Waals surface area contributed by atoms with E-state index in [0.717, 1.165) is 11.1 Å². The molecule has 0 heterocycles. The Kier molecular flexibility index (Phi) is 13.6. The Bertz CT molecular complexity index is 779. The van der Waals surface area contributed by atoms with Gasteiger partial charge in [-0.3, -0.25) is 0 Å². The van der Waals surface area contributed by atoms with Crippen molar-refractivity contribution in [1.29, 1.82) is 0 Å². The standard InChI is InChI=1S/C26H38O10/c1-29-21-15-19(16-22(30-2)25(21)35-13-11-33-9-7-27)5-6-20-17-23(31-3)26(24(18-20)32-4)36-14-12-34-10-8-28/h15-18,27-28H,5-14H2,1-4H3. The Morgan fingerprint density at radius 1 is 0.500 bits per heavy atom.